The van der Waals surface area contributed by atoms with E-state index in [1.807, 2.05) is 0 Å². The van der Waals surface area contributed by atoms with Gasteiger partial charge in [-0.3, -0.25) is 4.79 Å². The van der Waals surface area contributed by atoms with E-state index in [-0.39, 0.29) is 5.69 Å². The third-order valence-corrected chi connectivity index (χ3v) is 2.50. The van der Waals surface area contributed by atoms with Gasteiger partial charge >= 0.3 is 6.18 Å². The number of aromatic nitrogens is 1. The highest BCUT2D eigenvalue weighted by atomic mass is 32.1. The maximum atomic E-state index is 11.8. The first-order valence-corrected chi connectivity index (χ1v) is 5.30. The van der Waals surface area contributed by atoms with Crippen LogP contribution in [0.15, 0.2) is 5.38 Å². The summed E-state index contributed by atoms with van der Waals surface area (Å²) in [7, 11) is 0. The molecular formula is C8H10F3N3OS. The van der Waals surface area contributed by atoms with Crippen LogP contribution in [0.25, 0.3) is 0 Å². The molecule has 1 rings (SSSR count). The smallest absolute Gasteiger partial charge is 0.342 e. The molecule has 3 N–H and O–H groups in total. The largest absolute Gasteiger partial charge is 0.405 e. The standard InChI is InChI=1S/C8H10F3N3OS/c9-8(10,11)4-13-7(15)5-3-16-6(14-5)1-2-12/h3H,1-2,4,12H2,(H,13,15). The summed E-state index contributed by atoms with van der Waals surface area (Å²) in [6.07, 6.45) is -3.90. The van der Waals surface area contributed by atoms with Gasteiger partial charge in [0.1, 0.15) is 12.2 Å². The van der Waals surface area contributed by atoms with E-state index in [0.29, 0.717) is 18.0 Å². The SMILES string of the molecule is NCCc1nc(C(=O)NCC(F)(F)F)cs1. The Hall–Kier alpha value is -1.15. The van der Waals surface area contributed by atoms with E-state index in [1.54, 1.807) is 5.32 Å². The van der Waals surface area contributed by atoms with Crippen molar-refractivity contribution in [3.63, 3.8) is 0 Å². The van der Waals surface area contributed by atoms with Gasteiger partial charge in [0.2, 0.25) is 0 Å². The fourth-order valence-corrected chi connectivity index (χ4v) is 1.72. The average Bonchev–Trinajstić information content (AvgIpc) is 2.62. The molecule has 1 amide bonds. The number of alkyl halides is 3. The average molecular weight is 253 g/mol. The van der Waals surface area contributed by atoms with Gasteiger partial charge in [0.05, 0.1) is 5.01 Å². The Bertz CT molecular complexity index is 364. The molecule has 0 fully saturated rings. The van der Waals surface area contributed by atoms with E-state index in [0.717, 1.165) is 0 Å². The maximum Gasteiger partial charge on any atom is 0.405 e. The zero-order valence-corrected chi connectivity index (χ0v) is 8.99. The number of carbonyl (C=O) groups is 1. The normalized spacial score (nSPS) is 11.5. The first kappa shape index (κ1) is 12.9. The zero-order chi connectivity index (χ0) is 12.2. The lowest BCUT2D eigenvalue weighted by atomic mass is 10.4. The predicted octanol–water partition coefficient (Wildman–Crippen LogP) is 0.936. The molecule has 1 aromatic rings. The van der Waals surface area contributed by atoms with Crippen LogP contribution in [0.3, 0.4) is 0 Å². The van der Waals surface area contributed by atoms with Crippen LogP contribution in [0, 0.1) is 0 Å². The molecule has 4 nitrogen and oxygen atoms in total. The van der Waals surface area contributed by atoms with Gasteiger partial charge in [-0.2, -0.15) is 13.2 Å². The fraction of sp³-hybridized carbons (Fsp3) is 0.500. The van der Waals surface area contributed by atoms with Crippen molar-refractivity contribution in [1.29, 1.82) is 0 Å². The Balaban J connectivity index is 2.53. The lowest BCUT2D eigenvalue weighted by Gasteiger charge is -2.06. The fourth-order valence-electron chi connectivity index (χ4n) is 0.925. The van der Waals surface area contributed by atoms with Gasteiger partial charge in [0, 0.05) is 11.8 Å². The molecule has 0 atom stereocenters. The van der Waals surface area contributed by atoms with Crippen molar-refractivity contribution in [3.8, 4) is 0 Å². The molecule has 0 aliphatic carbocycles. The zero-order valence-electron chi connectivity index (χ0n) is 8.17. The van der Waals surface area contributed by atoms with Crippen LogP contribution in [0.4, 0.5) is 13.2 Å². The van der Waals surface area contributed by atoms with Crippen LogP contribution in [-0.4, -0.2) is 30.2 Å². The summed E-state index contributed by atoms with van der Waals surface area (Å²) < 4.78 is 35.4. The van der Waals surface area contributed by atoms with Gasteiger partial charge in [-0.15, -0.1) is 11.3 Å². The Kier molecular flexibility index (Phi) is 4.25. The Morgan fingerprint density at radius 1 is 1.56 bits per heavy atom. The van der Waals surface area contributed by atoms with E-state index < -0.39 is 18.6 Å². The summed E-state index contributed by atoms with van der Waals surface area (Å²) >= 11 is 1.20. The highest BCUT2D eigenvalue weighted by Gasteiger charge is 2.28. The summed E-state index contributed by atoms with van der Waals surface area (Å²) in [5.74, 6) is -0.822. The molecule has 0 unspecified atom stereocenters. The third-order valence-electron chi connectivity index (χ3n) is 1.59. The topological polar surface area (TPSA) is 68.0 Å². The first-order chi connectivity index (χ1) is 7.42. The van der Waals surface area contributed by atoms with Crippen LogP contribution in [0.1, 0.15) is 15.5 Å². The molecule has 8 heteroatoms. The second-order valence-corrected chi connectivity index (χ2v) is 3.91. The van der Waals surface area contributed by atoms with Crippen LogP contribution in [0.2, 0.25) is 0 Å². The summed E-state index contributed by atoms with van der Waals surface area (Å²) in [5.41, 5.74) is 5.28. The van der Waals surface area contributed by atoms with E-state index >= 15 is 0 Å². The number of rotatable bonds is 4. The minimum Gasteiger partial charge on any atom is -0.342 e. The monoisotopic (exact) mass is 253 g/mol. The molecular weight excluding hydrogens is 243 g/mol. The molecule has 1 heterocycles. The highest BCUT2D eigenvalue weighted by molar-refractivity contribution is 7.09. The minimum absolute atomic E-state index is 0.00213. The van der Waals surface area contributed by atoms with Crippen molar-refractivity contribution < 1.29 is 18.0 Å². The maximum absolute atomic E-state index is 11.8. The van der Waals surface area contributed by atoms with E-state index in [1.165, 1.54) is 16.7 Å². The molecule has 90 valence electrons. The number of halogens is 3. The summed E-state index contributed by atoms with van der Waals surface area (Å²) in [6.45, 7) is -0.966. The van der Waals surface area contributed by atoms with Gasteiger partial charge < -0.3 is 11.1 Å². The molecule has 0 aliphatic heterocycles. The van der Waals surface area contributed by atoms with Crippen molar-refractivity contribution >= 4 is 17.2 Å². The molecule has 0 aliphatic rings. The van der Waals surface area contributed by atoms with Gasteiger partial charge in [-0.1, -0.05) is 0 Å². The molecule has 0 aromatic carbocycles. The predicted molar refractivity (Wildman–Crippen MR) is 53.3 cm³/mol. The lowest BCUT2D eigenvalue weighted by Crippen LogP contribution is -2.33. The van der Waals surface area contributed by atoms with Crippen molar-refractivity contribution in [3.05, 3.63) is 16.1 Å². The molecule has 0 spiro atoms. The summed E-state index contributed by atoms with van der Waals surface area (Å²) in [6, 6.07) is 0. The summed E-state index contributed by atoms with van der Waals surface area (Å²) in [4.78, 5) is 15.1. The van der Waals surface area contributed by atoms with E-state index in [2.05, 4.69) is 4.98 Å². The second-order valence-electron chi connectivity index (χ2n) is 2.96. The Morgan fingerprint density at radius 3 is 2.81 bits per heavy atom. The molecule has 16 heavy (non-hydrogen) atoms. The molecule has 0 radical (unpaired) electrons. The van der Waals surface area contributed by atoms with Gasteiger partial charge in [0.25, 0.3) is 5.91 Å². The van der Waals surface area contributed by atoms with E-state index in [4.69, 9.17) is 5.73 Å². The number of nitrogens with zero attached hydrogens (tertiary/aromatic N) is 1. The summed E-state index contributed by atoms with van der Waals surface area (Å²) in [5, 5.41) is 3.80. The van der Waals surface area contributed by atoms with Crippen molar-refractivity contribution in [2.75, 3.05) is 13.1 Å². The third kappa shape index (κ3) is 4.15. The quantitative estimate of drug-likeness (QED) is 0.839. The van der Waals surface area contributed by atoms with E-state index in [9.17, 15) is 18.0 Å². The van der Waals surface area contributed by atoms with Crippen LogP contribution in [0.5, 0.6) is 0 Å². The van der Waals surface area contributed by atoms with Gasteiger partial charge in [-0.05, 0) is 6.54 Å². The van der Waals surface area contributed by atoms with Gasteiger partial charge in [0.15, 0.2) is 0 Å². The number of nitrogens with two attached hydrogens (primary N) is 1. The molecule has 0 bridgehead atoms. The van der Waals surface area contributed by atoms with Gasteiger partial charge in [-0.25, -0.2) is 4.98 Å². The number of amides is 1. The first-order valence-electron chi connectivity index (χ1n) is 4.42. The molecule has 1 aromatic heterocycles. The van der Waals surface area contributed by atoms with Crippen molar-refractivity contribution in [1.82, 2.24) is 10.3 Å². The van der Waals surface area contributed by atoms with Crippen molar-refractivity contribution in [2.45, 2.75) is 12.6 Å². The Morgan fingerprint density at radius 2 is 2.25 bits per heavy atom. The highest BCUT2D eigenvalue weighted by Crippen LogP contribution is 2.13. The number of hydrogen-bond acceptors (Lipinski definition) is 4. The Labute approximate surface area is 93.7 Å². The minimum atomic E-state index is -4.41. The van der Waals surface area contributed by atoms with Crippen LogP contribution in [-0.2, 0) is 6.42 Å². The number of hydrogen-bond donors (Lipinski definition) is 2. The molecule has 0 saturated heterocycles. The number of carbonyl (C=O) groups excluding carboxylic acids is 1. The van der Waals surface area contributed by atoms with Crippen LogP contribution >= 0.6 is 11.3 Å². The second kappa shape index (κ2) is 5.26. The number of thiazole rings is 1. The van der Waals surface area contributed by atoms with Crippen LogP contribution < -0.4 is 11.1 Å². The molecule has 0 saturated carbocycles. The number of nitrogens with one attached hydrogen (secondary N) is 1. The van der Waals surface area contributed by atoms with Crippen molar-refractivity contribution in [2.24, 2.45) is 5.73 Å². The lowest BCUT2D eigenvalue weighted by molar-refractivity contribution is -0.123.